The van der Waals surface area contributed by atoms with Crippen LogP contribution < -0.4 is 5.43 Å². The lowest BCUT2D eigenvalue weighted by Crippen LogP contribution is -2.23. The minimum Gasteiger partial charge on any atom is -0.503 e. The zero-order valence-corrected chi connectivity index (χ0v) is 9.97. The highest BCUT2D eigenvalue weighted by Gasteiger charge is 2.19. The highest BCUT2D eigenvalue weighted by molar-refractivity contribution is 5.25. The van der Waals surface area contributed by atoms with Crippen molar-refractivity contribution in [3.8, 4) is 5.75 Å². The molecule has 1 aromatic heterocycles. The number of rotatable bonds is 4. The number of hydrogen-bond acceptors (Lipinski definition) is 3. The normalized spacial score (nSPS) is 14.8. The Bertz CT molecular complexity index is 411. The van der Waals surface area contributed by atoms with E-state index in [0.717, 1.165) is 6.42 Å². The summed E-state index contributed by atoms with van der Waals surface area (Å²) in [5.74, 6) is 0.0508. The maximum Gasteiger partial charge on any atom is 0.223 e. The molecule has 0 fully saturated rings. The maximum atomic E-state index is 11.2. The molecule has 0 saturated carbocycles. The van der Waals surface area contributed by atoms with Crippen molar-refractivity contribution in [2.45, 2.75) is 33.2 Å². The zero-order valence-electron chi connectivity index (χ0n) is 9.97. The van der Waals surface area contributed by atoms with Crippen LogP contribution in [0.3, 0.4) is 0 Å². The Morgan fingerprint density at radius 2 is 2.12 bits per heavy atom. The number of aliphatic hydroxyl groups excluding tert-OH is 1. The number of hydrogen-bond donors (Lipinski definition) is 2. The number of aromatic nitrogens is 1. The second-order valence-electron chi connectivity index (χ2n) is 4.16. The monoisotopic (exact) mass is 225 g/mol. The van der Waals surface area contributed by atoms with Crippen LogP contribution in [0.25, 0.3) is 0 Å². The first-order valence-electron chi connectivity index (χ1n) is 5.54. The van der Waals surface area contributed by atoms with Crippen molar-refractivity contribution < 1.29 is 10.2 Å². The SMILES string of the molecule is CCC(C)[C@@H](CO)n1ccc(=O)c(O)c1C. The molecule has 2 N–H and O–H groups in total. The average molecular weight is 225 g/mol. The van der Waals surface area contributed by atoms with Gasteiger partial charge in [0.15, 0.2) is 5.75 Å². The fourth-order valence-electron chi connectivity index (χ4n) is 1.81. The molecule has 16 heavy (non-hydrogen) atoms. The molecule has 0 bridgehead atoms. The number of pyridine rings is 1. The Labute approximate surface area is 95.2 Å². The minimum atomic E-state index is -0.380. The predicted octanol–water partition coefficient (Wildman–Crippen LogP) is 1.44. The molecular weight excluding hydrogens is 206 g/mol. The third-order valence-electron chi connectivity index (χ3n) is 3.20. The molecule has 0 aliphatic rings. The minimum absolute atomic E-state index is 0.00183. The van der Waals surface area contributed by atoms with Gasteiger partial charge in [0.05, 0.1) is 18.3 Å². The van der Waals surface area contributed by atoms with Gasteiger partial charge in [-0.15, -0.1) is 0 Å². The second-order valence-corrected chi connectivity index (χ2v) is 4.16. The van der Waals surface area contributed by atoms with Gasteiger partial charge in [-0.25, -0.2) is 0 Å². The van der Waals surface area contributed by atoms with Crippen LogP contribution in [0.2, 0.25) is 0 Å². The lowest BCUT2D eigenvalue weighted by molar-refractivity contribution is 0.180. The van der Waals surface area contributed by atoms with Crippen LogP contribution in [-0.4, -0.2) is 21.4 Å². The molecule has 0 spiro atoms. The molecule has 0 saturated heterocycles. The molecule has 0 aliphatic carbocycles. The van der Waals surface area contributed by atoms with Gasteiger partial charge in [-0.1, -0.05) is 20.3 Å². The van der Waals surface area contributed by atoms with Crippen LogP contribution in [-0.2, 0) is 0 Å². The van der Waals surface area contributed by atoms with Gasteiger partial charge in [0.25, 0.3) is 0 Å². The molecule has 2 atom stereocenters. The van der Waals surface area contributed by atoms with Crippen LogP contribution in [0.4, 0.5) is 0 Å². The third-order valence-corrected chi connectivity index (χ3v) is 3.20. The second kappa shape index (κ2) is 5.16. The molecule has 0 amide bonds. The molecule has 0 aromatic carbocycles. The van der Waals surface area contributed by atoms with Crippen molar-refractivity contribution in [3.63, 3.8) is 0 Å². The summed E-state index contributed by atoms with van der Waals surface area (Å²) in [6.07, 6.45) is 2.56. The summed E-state index contributed by atoms with van der Waals surface area (Å²) in [6.45, 7) is 5.76. The van der Waals surface area contributed by atoms with Gasteiger partial charge >= 0.3 is 0 Å². The van der Waals surface area contributed by atoms with Crippen LogP contribution in [0, 0.1) is 12.8 Å². The van der Waals surface area contributed by atoms with E-state index in [2.05, 4.69) is 0 Å². The van der Waals surface area contributed by atoms with E-state index < -0.39 is 0 Å². The van der Waals surface area contributed by atoms with E-state index in [1.165, 1.54) is 6.07 Å². The fourth-order valence-corrected chi connectivity index (χ4v) is 1.81. The summed E-state index contributed by atoms with van der Waals surface area (Å²) in [4.78, 5) is 11.2. The molecule has 4 nitrogen and oxygen atoms in total. The van der Waals surface area contributed by atoms with Crippen LogP contribution in [0.15, 0.2) is 17.1 Å². The zero-order chi connectivity index (χ0) is 12.3. The number of aliphatic hydroxyl groups is 1. The van der Waals surface area contributed by atoms with Gasteiger partial charge in [-0.3, -0.25) is 4.79 Å². The van der Waals surface area contributed by atoms with Crippen molar-refractivity contribution in [1.82, 2.24) is 4.57 Å². The van der Waals surface area contributed by atoms with E-state index in [4.69, 9.17) is 0 Å². The Morgan fingerprint density at radius 3 is 2.62 bits per heavy atom. The summed E-state index contributed by atoms with van der Waals surface area (Å²) in [7, 11) is 0. The van der Waals surface area contributed by atoms with Gasteiger partial charge in [0, 0.05) is 12.3 Å². The predicted molar refractivity (Wildman–Crippen MR) is 62.7 cm³/mol. The van der Waals surface area contributed by atoms with Crippen molar-refractivity contribution in [3.05, 3.63) is 28.2 Å². The Hall–Kier alpha value is -1.29. The summed E-state index contributed by atoms with van der Waals surface area (Å²) < 4.78 is 1.77. The number of aromatic hydroxyl groups is 1. The van der Waals surface area contributed by atoms with E-state index in [9.17, 15) is 15.0 Å². The highest BCUT2D eigenvalue weighted by atomic mass is 16.3. The maximum absolute atomic E-state index is 11.2. The molecule has 4 heteroatoms. The third kappa shape index (κ3) is 2.27. The van der Waals surface area contributed by atoms with Gasteiger partial charge < -0.3 is 14.8 Å². The molecule has 90 valence electrons. The van der Waals surface area contributed by atoms with Crippen LogP contribution in [0.1, 0.15) is 32.0 Å². The summed E-state index contributed by atoms with van der Waals surface area (Å²) >= 11 is 0. The number of nitrogens with zero attached hydrogens (tertiary/aromatic N) is 1. The molecule has 1 heterocycles. The molecular formula is C12H19NO3. The van der Waals surface area contributed by atoms with Gasteiger partial charge in [0.1, 0.15) is 0 Å². The van der Waals surface area contributed by atoms with Crippen molar-refractivity contribution in [1.29, 1.82) is 0 Å². The Morgan fingerprint density at radius 1 is 1.50 bits per heavy atom. The first-order chi connectivity index (χ1) is 7.52. The van der Waals surface area contributed by atoms with E-state index >= 15 is 0 Å². The van der Waals surface area contributed by atoms with Crippen molar-refractivity contribution in [2.75, 3.05) is 6.61 Å². The smallest absolute Gasteiger partial charge is 0.223 e. The first-order valence-corrected chi connectivity index (χ1v) is 5.54. The van der Waals surface area contributed by atoms with Gasteiger partial charge in [0.2, 0.25) is 5.43 Å². The standard InChI is InChI=1S/C12H19NO3/c1-4-8(2)10(7-14)13-6-5-11(15)12(16)9(13)3/h5-6,8,10,14,16H,4,7H2,1-3H3/t8?,10-/m1/s1. The van der Waals surface area contributed by atoms with E-state index in [-0.39, 0.29) is 29.7 Å². The fraction of sp³-hybridized carbons (Fsp3) is 0.583. The first kappa shape index (κ1) is 12.8. The molecule has 1 unspecified atom stereocenters. The summed E-state index contributed by atoms with van der Waals surface area (Å²) in [5.41, 5.74) is 0.126. The largest absolute Gasteiger partial charge is 0.503 e. The van der Waals surface area contributed by atoms with E-state index in [0.29, 0.717) is 5.69 Å². The topological polar surface area (TPSA) is 62.5 Å². The lowest BCUT2D eigenvalue weighted by atomic mass is 9.99. The summed E-state index contributed by atoms with van der Waals surface area (Å²) in [5, 5.41) is 19.0. The van der Waals surface area contributed by atoms with Crippen LogP contribution >= 0.6 is 0 Å². The van der Waals surface area contributed by atoms with E-state index in [1.54, 1.807) is 17.7 Å². The van der Waals surface area contributed by atoms with E-state index in [1.807, 2.05) is 13.8 Å². The quantitative estimate of drug-likeness (QED) is 0.815. The van der Waals surface area contributed by atoms with Gasteiger partial charge in [-0.2, -0.15) is 0 Å². The Balaban J connectivity index is 3.21. The molecule has 1 rings (SSSR count). The summed E-state index contributed by atoms with van der Waals surface area (Å²) in [6, 6.07) is 1.23. The molecule has 0 radical (unpaired) electrons. The highest BCUT2D eigenvalue weighted by Crippen LogP contribution is 2.23. The van der Waals surface area contributed by atoms with Crippen molar-refractivity contribution >= 4 is 0 Å². The average Bonchev–Trinajstić information content (AvgIpc) is 2.29. The molecule has 0 aliphatic heterocycles. The van der Waals surface area contributed by atoms with Crippen molar-refractivity contribution in [2.24, 2.45) is 5.92 Å². The van der Waals surface area contributed by atoms with Crippen LogP contribution in [0.5, 0.6) is 5.75 Å². The van der Waals surface area contributed by atoms with Gasteiger partial charge in [-0.05, 0) is 12.8 Å². The molecule has 1 aromatic rings. The Kier molecular flexibility index (Phi) is 4.12. The lowest BCUT2D eigenvalue weighted by Gasteiger charge is -2.26.